The molecule has 100 valence electrons. The Morgan fingerprint density at radius 2 is 1.94 bits per heavy atom. The van der Waals surface area contributed by atoms with Crippen LogP contribution in [0.1, 0.15) is 46.0 Å². The summed E-state index contributed by atoms with van der Waals surface area (Å²) in [5.74, 6) is 1.90. The maximum absolute atomic E-state index is 5.59. The van der Waals surface area contributed by atoms with Crippen molar-refractivity contribution >= 4 is 5.69 Å². The largest absolute Gasteiger partial charge is 0.494 e. The molecule has 2 heteroatoms. The van der Waals surface area contributed by atoms with Crippen LogP contribution in [0.25, 0.3) is 0 Å². The third kappa shape index (κ3) is 3.66. The standard InChI is InChI=1S/C16H25NO/c1-3-11-18-16-9-7-14(8-10-16)17-15-6-5-13(4-2)12-15/h7-10,13,15,17H,3-6,11-12H2,1-2H3. The molecule has 1 aliphatic carbocycles. The first-order valence-electron chi connectivity index (χ1n) is 7.31. The lowest BCUT2D eigenvalue weighted by Crippen LogP contribution is -2.15. The van der Waals surface area contributed by atoms with Gasteiger partial charge in [0.05, 0.1) is 6.61 Å². The van der Waals surface area contributed by atoms with Crippen LogP contribution in [0.3, 0.4) is 0 Å². The first-order valence-corrected chi connectivity index (χ1v) is 7.31. The smallest absolute Gasteiger partial charge is 0.119 e. The van der Waals surface area contributed by atoms with Gasteiger partial charge in [0.1, 0.15) is 5.75 Å². The van der Waals surface area contributed by atoms with Gasteiger partial charge in [-0.15, -0.1) is 0 Å². The van der Waals surface area contributed by atoms with Crippen LogP contribution in [0.5, 0.6) is 5.75 Å². The van der Waals surface area contributed by atoms with Gasteiger partial charge in [-0.25, -0.2) is 0 Å². The highest BCUT2D eigenvalue weighted by Gasteiger charge is 2.22. The predicted octanol–water partition coefficient (Wildman–Crippen LogP) is 4.47. The molecule has 1 aromatic rings. The minimum Gasteiger partial charge on any atom is -0.494 e. The SMILES string of the molecule is CCCOc1ccc(NC2CCC(CC)C2)cc1. The highest BCUT2D eigenvalue weighted by Crippen LogP contribution is 2.30. The van der Waals surface area contributed by atoms with E-state index in [0.717, 1.165) is 24.7 Å². The summed E-state index contributed by atoms with van der Waals surface area (Å²) in [6.45, 7) is 5.22. The molecule has 0 radical (unpaired) electrons. The van der Waals surface area contributed by atoms with Crippen LogP contribution < -0.4 is 10.1 Å². The van der Waals surface area contributed by atoms with E-state index in [2.05, 4.69) is 43.4 Å². The fourth-order valence-electron chi connectivity index (χ4n) is 2.68. The zero-order chi connectivity index (χ0) is 12.8. The Morgan fingerprint density at radius 1 is 1.17 bits per heavy atom. The Labute approximate surface area is 111 Å². The number of anilines is 1. The molecular weight excluding hydrogens is 222 g/mol. The van der Waals surface area contributed by atoms with Gasteiger partial charge < -0.3 is 10.1 Å². The van der Waals surface area contributed by atoms with Crippen molar-refractivity contribution in [1.29, 1.82) is 0 Å². The summed E-state index contributed by atoms with van der Waals surface area (Å²) in [5.41, 5.74) is 1.22. The molecule has 1 aromatic carbocycles. The maximum atomic E-state index is 5.59. The van der Waals surface area contributed by atoms with Crippen LogP contribution in [0.2, 0.25) is 0 Å². The van der Waals surface area contributed by atoms with E-state index in [1.165, 1.54) is 31.4 Å². The molecule has 0 bridgehead atoms. The summed E-state index contributed by atoms with van der Waals surface area (Å²) in [6.07, 6.45) is 6.39. The second kappa shape index (κ2) is 6.67. The molecule has 0 saturated heterocycles. The molecule has 2 nitrogen and oxygen atoms in total. The normalized spacial score (nSPS) is 23.0. The summed E-state index contributed by atoms with van der Waals surface area (Å²) in [6, 6.07) is 9.04. The van der Waals surface area contributed by atoms with E-state index in [-0.39, 0.29) is 0 Å². The van der Waals surface area contributed by atoms with E-state index in [1.54, 1.807) is 0 Å². The van der Waals surface area contributed by atoms with Crippen molar-refractivity contribution in [3.8, 4) is 5.75 Å². The van der Waals surface area contributed by atoms with Crippen molar-refractivity contribution in [3.63, 3.8) is 0 Å². The first-order chi connectivity index (χ1) is 8.81. The Hall–Kier alpha value is -1.18. The molecule has 18 heavy (non-hydrogen) atoms. The van der Waals surface area contributed by atoms with E-state index in [0.29, 0.717) is 6.04 Å². The minimum absolute atomic E-state index is 0.664. The average molecular weight is 247 g/mol. The summed E-state index contributed by atoms with van der Waals surface area (Å²) < 4.78 is 5.59. The topological polar surface area (TPSA) is 21.3 Å². The molecule has 1 saturated carbocycles. The van der Waals surface area contributed by atoms with Crippen molar-refractivity contribution in [2.45, 2.75) is 52.0 Å². The Bertz CT molecular complexity index is 347. The fourth-order valence-corrected chi connectivity index (χ4v) is 2.68. The number of rotatable bonds is 6. The third-order valence-corrected chi connectivity index (χ3v) is 3.82. The zero-order valence-electron chi connectivity index (χ0n) is 11.6. The van der Waals surface area contributed by atoms with Gasteiger partial charge in [-0.1, -0.05) is 20.3 Å². The van der Waals surface area contributed by atoms with Crippen molar-refractivity contribution in [2.75, 3.05) is 11.9 Å². The first kappa shape index (κ1) is 13.3. The number of ether oxygens (including phenoxy) is 1. The van der Waals surface area contributed by atoms with Gasteiger partial charge in [0.2, 0.25) is 0 Å². The van der Waals surface area contributed by atoms with Gasteiger partial charge in [0.15, 0.2) is 0 Å². The van der Waals surface area contributed by atoms with Crippen LogP contribution in [0, 0.1) is 5.92 Å². The Kier molecular flexibility index (Phi) is 4.91. The second-order valence-corrected chi connectivity index (χ2v) is 5.30. The highest BCUT2D eigenvalue weighted by molar-refractivity contribution is 5.47. The number of nitrogens with one attached hydrogen (secondary N) is 1. The summed E-state index contributed by atoms with van der Waals surface area (Å²) in [7, 11) is 0. The predicted molar refractivity (Wildman–Crippen MR) is 77.3 cm³/mol. The van der Waals surface area contributed by atoms with Crippen molar-refractivity contribution in [1.82, 2.24) is 0 Å². The highest BCUT2D eigenvalue weighted by atomic mass is 16.5. The van der Waals surface area contributed by atoms with Gasteiger partial charge in [-0.3, -0.25) is 0 Å². The monoisotopic (exact) mass is 247 g/mol. The van der Waals surface area contributed by atoms with Gasteiger partial charge >= 0.3 is 0 Å². The van der Waals surface area contributed by atoms with Crippen LogP contribution in [-0.4, -0.2) is 12.6 Å². The number of hydrogen-bond donors (Lipinski definition) is 1. The van der Waals surface area contributed by atoms with Crippen molar-refractivity contribution in [2.24, 2.45) is 5.92 Å². The van der Waals surface area contributed by atoms with Crippen LogP contribution in [0.15, 0.2) is 24.3 Å². The molecule has 0 spiro atoms. The fraction of sp³-hybridized carbons (Fsp3) is 0.625. The summed E-state index contributed by atoms with van der Waals surface area (Å²) in [4.78, 5) is 0. The molecule has 0 amide bonds. The molecule has 0 aliphatic heterocycles. The van der Waals surface area contributed by atoms with Gasteiger partial charge in [-0.05, 0) is 55.9 Å². The van der Waals surface area contributed by atoms with Crippen molar-refractivity contribution < 1.29 is 4.74 Å². The number of benzene rings is 1. The molecule has 1 fully saturated rings. The molecule has 2 atom stereocenters. The molecule has 0 heterocycles. The summed E-state index contributed by atoms with van der Waals surface area (Å²) >= 11 is 0. The van der Waals surface area contributed by atoms with Crippen LogP contribution >= 0.6 is 0 Å². The molecular formula is C16H25NO. The lowest BCUT2D eigenvalue weighted by atomic mass is 10.1. The lowest BCUT2D eigenvalue weighted by Gasteiger charge is -2.15. The number of hydrogen-bond acceptors (Lipinski definition) is 2. The quantitative estimate of drug-likeness (QED) is 0.801. The molecule has 2 rings (SSSR count). The van der Waals surface area contributed by atoms with E-state index in [4.69, 9.17) is 4.74 Å². The van der Waals surface area contributed by atoms with Crippen LogP contribution in [0.4, 0.5) is 5.69 Å². The second-order valence-electron chi connectivity index (χ2n) is 5.30. The zero-order valence-corrected chi connectivity index (χ0v) is 11.6. The van der Waals surface area contributed by atoms with Gasteiger partial charge in [0, 0.05) is 11.7 Å². The third-order valence-electron chi connectivity index (χ3n) is 3.82. The average Bonchev–Trinajstić information content (AvgIpc) is 2.86. The van der Waals surface area contributed by atoms with E-state index >= 15 is 0 Å². The summed E-state index contributed by atoms with van der Waals surface area (Å²) in [5, 5.41) is 3.63. The lowest BCUT2D eigenvalue weighted by molar-refractivity contribution is 0.317. The maximum Gasteiger partial charge on any atom is 0.119 e. The molecule has 2 unspecified atom stereocenters. The molecule has 0 aromatic heterocycles. The van der Waals surface area contributed by atoms with E-state index < -0.39 is 0 Å². The molecule has 1 aliphatic rings. The van der Waals surface area contributed by atoms with Crippen LogP contribution in [-0.2, 0) is 0 Å². The van der Waals surface area contributed by atoms with E-state index in [9.17, 15) is 0 Å². The van der Waals surface area contributed by atoms with Crippen molar-refractivity contribution in [3.05, 3.63) is 24.3 Å². The minimum atomic E-state index is 0.664. The molecule has 1 N–H and O–H groups in total. The van der Waals surface area contributed by atoms with Gasteiger partial charge in [-0.2, -0.15) is 0 Å². The van der Waals surface area contributed by atoms with E-state index in [1.807, 2.05) is 0 Å². The Morgan fingerprint density at radius 3 is 2.56 bits per heavy atom. The van der Waals surface area contributed by atoms with Gasteiger partial charge in [0.25, 0.3) is 0 Å². The Balaban J connectivity index is 1.83.